The summed E-state index contributed by atoms with van der Waals surface area (Å²) >= 11 is 0. The van der Waals surface area contributed by atoms with Gasteiger partial charge in [-0.1, -0.05) is 0 Å². The summed E-state index contributed by atoms with van der Waals surface area (Å²) in [6.45, 7) is 6.88. The van der Waals surface area contributed by atoms with E-state index < -0.39 is 0 Å². The highest BCUT2D eigenvalue weighted by Crippen LogP contribution is 2.08. The van der Waals surface area contributed by atoms with Crippen molar-refractivity contribution in [3.8, 4) is 0 Å². The molecule has 0 bridgehead atoms. The number of rotatable bonds is 5. The van der Waals surface area contributed by atoms with E-state index in [-0.39, 0.29) is 0 Å². The second-order valence-corrected chi connectivity index (χ2v) is 2.61. The minimum absolute atomic E-state index is 0.943. The molecule has 0 amide bonds. The SMILES string of the molecule is CC=C(CCNC)O/C(C)=C\C. The summed E-state index contributed by atoms with van der Waals surface area (Å²) in [5.41, 5.74) is 0. The molecular weight excluding hydrogens is 150 g/mol. The molecule has 0 aromatic carbocycles. The highest BCUT2D eigenvalue weighted by Gasteiger charge is 1.96. The van der Waals surface area contributed by atoms with Gasteiger partial charge in [0, 0.05) is 13.0 Å². The molecule has 0 saturated heterocycles. The van der Waals surface area contributed by atoms with Gasteiger partial charge in [-0.3, -0.25) is 0 Å². The number of nitrogens with one attached hydrogen (secondary N) is 1. The Morgan fingerprint density at radius 2 is 2.00 bits per heavy atom. The van der Waals surface area contributed by atoms with Gasteiger partial charge in [-0.2, -0.15) is 0 Å². The smallest absolute Gasteiger partial charge is 0.101 e. The normalized spacial score (nSPS) is 13.3. The molecule has 12 heavy (non-hydrogen) atoms. The van der Waals surface area contributed by atoms with Crippen LogP contribution in [0.25, 0.3) is 0 Å². The standard InChI is InChI=1S/C10H19NO/c1-5-9(3)12-10(6-2)7-8-11-4/h5-6,11H,7-8H2,1-4H3/b9-5-,10-6?. The molecule has 0 heterocycles. The maximum atomic E-state index is 5.53. The van der Waals surface area contributed by atoms with Crippen molar-refractivity contribution in [3.05, 3.63) is 23.7 Å². The Kier molecular flexibility index (Phi) is 6.48. The molecule has 0 saturated carbocycles. The van der Waals surface area contributed by atoms with Crippen LogP contribution >= 0.6 is 0 Å². The van der Waals surface area contributed by atoms with E-state index in [0.717, 1.165) is 24.5 Å². The Morgan fingerprint density at radius 1 is 1.33 bits per heavy atom. The molecule has 2 heteroatoms. The predicted molar refractivity (Wildman–Crippen MR) is 52.8 cm³/mol. The first-order valence-electron chi connectivity index (χ1n) is 4.35. The molecule has 0 atom stereocenters. The van der Waals surface area contributed by atoms with Crippen LogP contribution in [0.3, 0.4) is 0 Å². The lowest BCUT2D eigenvalue weighted by atomic mass is 10.3. The van der Waals surface area contributed by atoms with Crippen LogP contribution in [-0.4, -0.2) is 13.6 Å². The Hall–Kier alpha value is -0.760. The van der Waals surface area contributed by atoms with E-state index in [9.17, 15) is 0 Å². The molecule has 70 valence electrons. The minimum atomic E-state index is 0.943. The zero-order chi connectivity index (χ0) is 9.40. The maximum absolute atomic E-state index is 5.53. The quantitative estimate of drug-likeness (QED) is 0.638. The van der Waals surface area contributed by atoms with Crippen molar-refractivity contribution >= 4 is 0 Å². The average Bonchev–Trinajstić information content (AvgIpc) is 2.11. The van der Waals surface area contributed by atoms with Crippen molar-refractivity contribution in [1.29, 1.82) is 0 Å². The first-order chi connectivity index (χ1) is 5.74. The van der Waals surface area contributed by atoms with Gasteiger partial charge in [0.1, 0.15) is 5.76 Å². The molecule has 0 aliphatic rings. The van der Waals surface area contributed by atoms with Crippen LogP contribution in [0, 0.1) is 0 Å². The van der Waals surface area contributed by atoms with E-state index in [1.807, 2.05) is 40.0 Å². The summed E-state index contributed by atoms with van der Waals surface area (Å²) in [6, 6.07) is 0. The third-order valence-electron chi connectivity index (χ3n) is 1.64. The summed E-state index contributed by atoms with van der Waals surface area (Å²) in [4.78, 5) is 0. The van der Waals surface area contributed by atoms with Gasteiger partial charge in [-0.05, 0) is 40.0 Å². The molecule has 0 spiro atoms. The summed E-state index contributed by atoms with van der Waals surface area (Å²) in [5.74, 6) is 1.99. The Morgan fingerprint density at radius 3 is 2.42 bits per heavy atom. The Bertz CT molecular complexity index is 171. The van der Waals surface area contributed by atoms with Crippen molar-refractivity contribution < 1.29 is 4.74 Å². The molecule has 0 radical (unpaired) electrons. The minimum Gasteiger partial charge on any atom is -0.467 e. The topological polar surface area (TPSA) is 21.3 Å². The van der Waals surface area contributed by atoms with Crippen LogP contribution in [0.5, 0.6) is 0 Å². The molecule has 1 N–H and O–H groups in total. The Labute approximate surface area is 75.3 Å². The number of ether oxygens (including phenoxy) is 1. The highest BCUT2D eigenvalue weighted by molar-refractivity contribution is 4.98. The van der Waals surface area contributed by atoms with E-state index in [2.05, 4.69) is 5.32 Å². The molecule has 0 aromatic heterocycles. The van der Waals surface area contributed by atoms with Crippen molar-refractivity contribution in [2.75, 3.05) is 13.6 Å². The number of hydrogen-bond acceptors (Lipinski definition) is 2. The van der Waals surface area contributed by atoms with Crippen molar-refractivity contribution in [3.63, 3.8) is 0 Å². The van der Waals surface area contributed by atoms with E-state index in [4.69, 9.17) is 4.74 Å². The van der Waals surface area contributed by atoms with Crippen molar-refractivity contribution in [1.82, 2.24) is 5.32 Å². The summed E-state index contributed by atoms with van der Waals surface area (Å²) in [5, 5.41) is 3.08. The van der Waals surface area contributed by atoms with Gasteiger partial charge in [0.2, 0.25) is 0 Å². The molecule has 0 fully saturated rings. The van der Waals surface area contributed by atoms with Gasteiger partial charge in [-0.25, -0.2) is 0 Å². The van der Waals surface area contributed by atoms with Crippen LogP contribution in [0.2, 0.25) is 0 Å². The third kappa shape index (κ3) is 4.97. The van der Waals surface area contributed by atoms with Crippen molar-refractivity contribution in [2.24, 2.45) is 0 Å². The first kappa shape index (κ1) is 11.2. The fraction of sp³-hybridized carbons (Fsp3) is 0.600. The van der Waals surface area contributed by atoms with Crippen LogP contribution in [0.15, 0.2) is 23.7 Å². The van der Waals surface area contributed by atoms with Gasteiger partial charge in [0.05, 0.1) is 5.76 Å². The lowest BCUT2D eigenvalue weighted by Crippen LogP contribution is -2.09. The monoisotopic (exact) mass is 169 g/mol. The van der Waals surface area contributed by atoms with Gasteiger partial charge < -0.3 is 10.1 Å². The van der Waals surface area contributed by atoms with E-state index >= 15 is 0 Å². The second kappa shape index (κ2) is 6.92. The third-order valence-corrected chi connectivity index (χ3v) is 1.64. The van der Waals surface area contributed by atoms with Gasteiger partial charge in [0.25, 0.3) is 0 Å². The lowest BCUT2D eigenvalue weighted by molar-refractivity contribution is 0.290. The highest BCUT2D eigenvalue weighted by atomic mass is 16.5. The first-order valence-corrected chi connectivity index (χ1v) is 4.35. The summed E-state index contributed by atoms with van der Waals surface area (Å²) in [6.07, 6.45) is 4.91. The average molecular weight is 169 g/mol. The molecule has 2 nitrogen and oxygen atoms in total. The second-order valence-electron chi connectivity index (χ2n) is 2.61. The van der Waals surface area contributed by atoms with Gasteiger partial charge in [0.15, 0.2) is 0 Å². The van der Waals surface area contributed by atoms with Crippen LogP contribution in [0.1, 0.15) is 27.2 Å². The fourth-order valence-corrected chi connectivity index (χ4v) is 0.768. The van der Waals surface area contributed by atoms with E-state index in [1.165, 1.54) is 0 Å². The molecule has 0 aromatic rings. The molecular formula is C10H19NO. The molecule has 0 rings (SSSR count). The van der Waals surface area contributed by atoms with E-state index in [0.29, 0.717) is 0 Å². The summed E-state index contributed by atoms with van der Waals surface area (Å²) < 4.78 is 5.53. The summed E-state index contributed by atoms with van der Waals surface area (Å²) in [7, 11) is 1.94. The van der Waals surface area contributed by atoms with E-state index in [1.54, 1.807) is 0 Å². The zero-order valence-corrected chi connectivity index (χ0v) is 8.48. The van der Waals surface area contributed by atoms with Crippen LogP contribution in [0.4, 0.5) is 0 Å². The van der Waals surface area contributed by atoms with Gasteiger partial charge in [-0.15, -0.1) is 0 Å². The largest absolute Gasteiger partial charge is 0.467 e. The van der Waals surface area contributed by atoms with Gasteiger partial charge >= 0.3 is 0 Å². The predicted octanol–water partition coefficient (Wildman–Crippen LogP) is 2.44. The molecule has 0 aliphatic heterocycles. The number of hydrogen-bond donors (Lipinski definition) is 1. The zero-order valence-electron chi connectivity index (χ0n) is 8.48. The van der Waals surface area contributed by atoms with Crippen molar-refractivity contribution in [2.45, 2.75) is 27.2 Å². The lowest BCUT2D eigenvalue weighted by Gasteiger charge is -2.09. The number of allylic oxidation sites excluding steroid dienone is 3. The molecule has 0 unspecified atom stereocenters. The Balaban J connectivity index is 3.85. The van der Waals surface area contributed by atoms with Crippen LogP contribution < -0.4 is 5.32 Å². The maximum Gasteiger partial charge on any atom is 0.101 e. The fourth-order valence-electron chi connectivity index (χ4n) is 0.768. The van der Waals surface area contributed by atoms with Crippen LogP contribution in [-0.2, 0) is 4.74 Å². The molecule has 0 aliphatic carbocycles.